The van der Waals surface area contributed by atoms with Crippen LogP contribution in [0.2, 0.25) is 5.02 Å². The lowest BCUT2D eigenvalue weighted by Gasteiger charge is -2.16. The molecular weight excluding hydrogens is 443 g/mol. The lowest BCUT2D eigenvalue weighted by molar-refractivity contribution is 0.354. The van der Waals surface area contributed by atoms with Gasteiger partial charge in [-0.15, -0.1) is 11.6 Å². The van der Waals surface area contributed by atoms with E-state index in [2.05, 4.69) is 31.9 Å². The molecular formula is C15H12Br2Cl2O2. The molecule has 6 heteroatoms. The minimum atomic E-state index is -0.397. The van der Waals surface area contributed by atoms with Crippen LogP contribution < -0.4 is 9.47 Å². The van der Waals surface area contributed by atoms with E-state index in [9.17, 15) is 0 Å². The van der Waals surface area contributed by atoms with Crippen LogP contribution in [-0.4, -0.2) is 14.2 Å². The smallest absolute Gasteiger partial charge is 0.162 e. The highest BCUT2D eigenvalue weighted by Gasteiger charge is 2.19. The van der Waals surface area contributed by atoms with Crippen LogP contribution in [0.5, 0.6) is 11.5 Å². The monoisotopic (exact) mass is 452 g/mol. The second kappa shape index (κ2) is 7.23. The molecule has 0 fully saturated rings. The van der Waals surface area contributed by atoms with Gasteiger partial charge in [0, 0.05) is 20.0 Å². The number of ether oxygens (including phenoxy) is 2. The number of rotatable bonds is 4. The summed E-state index contributed by atoms with van der Waals surface area (Å²) >= 11 is 19.8. The summed E-state index contributed by atoms with van der Waals surface area (Å²) < 4.78 is 12.4. The minimum absolute atomic E-state index is 0.397. The summed E-state index contributed by atoms with van der Waals surface area (Å²) in [6, 6.07) is 9.36. The molecule has 0 aliphatic rings. The van der Waals surface area contributed by atoms with Crippen molar-refractivity contribution in [1.29, 1.82) is 0 Å². The molecule has 0 radical (unpaired) electrons. The summed E-state index contributed by atoms with van der Waals surface area (Å²) in [5, 5.41) is 0.134. The summed E-state index contributed by atoms with van der Waals surface area (Å²) in [4.78, 5) is 0. The van der Waals surface area contributed by atoms with Crippen LogP contribution in [0.1, 0.15) is 16.5 Å². The zero-order valence-electron chi connectivity index (χ0n) is 11.3. The first-order valence-corrected chi connectivity index (χ1v) is 8.37. The average molecular weight is 455 g/mol. The molecule has 0 saturated heterocycles. The molecule has 0 N–H and O–H groups in total. The van der Waals surface area contributed by atoms with Crippen LogP contribution in [0.25, 0.3) is 0 Å². The average Bonchev–Trinajstić information content (AvgIpc) is 2.45. The molecule has 0 aromatic heterocycles. The molecule has 2 nitrogen and oxygen atoms in total. The Balaban J connectivity index is 2.49. The molecule has 2 rings (SSSR count). The van der Waals surface area contributed by atoms with Crippen molar-refractivity contribution < 1.29 is 9.47 Å². The SMILES string of the molecule is COc1cc(Cl)c(C(Cl)c2cc(Br)cc(Br)c2)cc1OC. The minimum Gasteiger partial charge on any atom is -0.493 e. The van der Waals surface area contributed by atoms with Gasteiger partial charge >= 0.3 is 0 Å². The van der Waals surface area contributed by atoms with Crippen molar-refractivity contribution >= 4 is 55.1 Å². The first-order chi connectivity index (χ1) is 9.96. The van der Waals surface area contributed by atoms with Crippen molar-refractivity contribution in [3.05, 3.63) is 55.4 Å². The number of halogens is 4. The van der Waals surface area contributed by atoms with E-state index in [-0.39, 0.29) is 0 Å². The largest absolute Gasteiger partial charge is 0.493 e. The fraction of sp³-hybridized carbons (Fsp3) is 0.200. The lowest BCUT2D eigenvalue weighted by atomic mass is 10.0. The van der Waals surface area contributed by atoms with Crippen LogP contribution in [-0.2, 0) is 0 Å². The quantitative estimate of drug-likeness (QED) is 0.511. The highest BCUT2D eigenvalue weighted by molar-refractivity contribution is 9.11. The molecule has 2 aromatic carbocycles. The molecule has 1 unspecified atom stereocenters. The Labute approximate surface area is 150 Å². The summed E-state index contributed by atoms with van der Waals surface area (Å²) in [5.74, 6) is 1.17. The number of benzene rings is 2. The second-order valence-electron chi connectivity index (χ2n) is 4.29. The number of hydrogen-bond donors (Lipinski definition) is 0. The highest BCUT2D eigenvalue weighted by Crippen LogP contribution is 2.41. The Kier molecular flexibility index (Phi) is 5.83. The van der Waals surface area contributed by atoms with Gasteiger partial charge in [0.15, 0.2) is 11.5 Å². The van der Waals surface area contributed by atoms with Crippen molar-refractivity contribution in [3.63, 3.8) is 0 Å². The number of methoxy groups -OCH3 is 2. The van der Waals surface area contributed by atoms with Gasteiger partial charge in [-0.05, 0) is 35.4 Å². The molecule has 0 bridgehead atoms. The molecule has 0 saturated carbocycles. The Morgan fingerprint density at radius 2 is 1.43 bits per heavy atom. The Bertz CT molecular complexity index is 642. The highest BCUT2D eigenvalue weighted by atomic mass is 79.9. The van der Waals surface area contributed by atoms with Crippen molar-refractivity contribution in [2.45, 2.75) is 5.38 Å². The van der Waals surface area contributed by atoms with Gasteiger partial charge in [-0.25, -0.2) is 0 Å². The second-order valence-corrected chi connectivity index (χ2v) is 6.97. The number of alkyl halides is 1. The zero-order valence-corrected chi connectivity index (χ0v) is 16.0. The lowest BCUT2D eigenvalue weighted by Crippen LogP contribution is -1.98. The Hall–Kier alpha value is -0.420. The van der Waals surface area contributed by atoms with Gasteiger partial charge in [-0.3, -0.25) is 0 Å². The molecule has 0 aliphatic carbocycles. The maximum Gasteiger partial charge on any atom is 0.162 e. The van der Waals surface area contributed by atoms with Crippen LogP contribution in [0, 0.1) is 0 Å². The van der Waals surface area contributed by atoms with E-state index in [0.29, 0.717) is 16.5 Å². The molecule has 21 heavy (non-hydrogen) atoms. The van der Waals surface area contributed by atoms with Gasteiger partial charge in [0.25, 0.3) is 0 Å². The third-order valence-electron chi connectivity index (χ3n) is 2.95. The zero-order chi connectivity index (χ0) is 15.6. The van der Waals surface area contributed by atoms with Crippen molar-refractivity contribution in [1.82, 2.24) is 0 Å². The van der Waals surface area contributed by atoms with E-state index >= 15 is 0 Å². The number of hydrogen-bond acceptors (Lipinski definition) is 2. The first kappa shape index (κ1) is 16.9. The summed E-state index contributed by atoms with van der Waals surface area (Å²) in [6.45, 7) is 0. The van der Waals surface area contributed by atoms with Gasteiger partial charge in [0.05, 0.1) is 19.6 Å². The molecule has 0 aliphatic heterocycles. The van der Waals surface area contributed by atoms with Gasteiger partial charge in [0.1, 0.15) is 0 Å². The predicted molar refractivity (Wildman–Crippen MR) is 94.1 cm³/mol. The molecule has 0 heterocycles. The van der Waals surface area contributed by atoms with Crippen molar-refractivity contribution in [3.8, 4) is 11.5 Å². The molecule has 0 spiro atoms. The molecule has 0 amide bonds. The van der Waals surface area contributed by atoms with Gasteiger partial charge in [-0.2, -0.15) is 0 Å². The Morgan fingerprint density at radius 3 is 1.95 bits per heavy atom. The van der Waals surface area contributed by atoms with Crippen molar-refractivity contribution in [2.75, 3.05) is 14.2 Å². The van der Waals surface area contributed by atoms with E-state index in [1.54, 1.807) is 26.4 Å². The standard InChI is InChI=1S/C15H12Br2Cl2O2/c1-20-13-6-11(12(18)7-14(13)21-2)15(19)8-3-9(16)5-10(17)4-8/h3-7,15H,1-2H3. The third kappa shape index (κ3) is 3.86. The van der Waals surface area contributed by atoms with E-state index in [1.807, 2.05) is 18.2 Å². The van der Waals surface area contributed by atoms with E-state index in [1.165, 1.54) is 0 Å². The topological polar surface area (TPSA) is 18.5 Å². The van der Waals surface area contributed by atoms with Gasteiger partial charge < -0.3 is 9.47 Å². The van der Waals surface area contributed by atoms with Crippen LogP contribution >= 0.6 is 55.1 Å². The summed E-state index contributed by atoms with van der Waals surface area (Å²) in [6.07, 6.45) is 0. The Morgan fingerprint density at radius 1 is 0.905 bits per heavy atom. The van der Waals surface area contributed by atoms with Gasteiger partial charge in [0.2, 0.25) is 0 Å². The van der Waals surface area contributed by atoms with Crippen LogP contribution in [0.4, 0.5) is 0 Å². The predicted octanol–water partition coefficient (Wildman–Crippen LogP) is 6.21. The summed E-state index contributed by atoms with van der Waals surface area (Å²) in [5.41, 5.74) is 1.69. The van der Waals surface area contributed by atoms with E-state index in [0.717, 1.165) is 20.1 Å². The molecule has 1 atom stereocenters. The maximum absolute atomic E-state index is 6.58. The van der Waals surface area contributed by atoms with Gasteiger partial charge in [-0.1, -0.05) is 43.5 Å². The van der Waals surface area contributed by atoms with Crippen LogP contribution in [0.15, 0.2) is 39.3 Å². The van der Waals surface area contributed by atoms with Crippen molar-refractivity contribution in [2.24, 2.45) is 0 Å². The third-order valence-corrected chi connectivity index (χ3v) is 4.68. The fourth-order valence-corrected chi connectivity index (χ4v) is 3.92. The normalized spacial score (nSPS) is 12.1. The van der Waals surface area contributed by atoms with E-state index < -0.39 is 5.38 Å². The molecule has 2 aromatic rings. The molecule has 112 valence electrons. The van der Waals surface area contributed by atoms with E-state index in [4.69, 9.17) is 32.7 Å². The van der Waals surface area contributed by atoms with Crippen LogP contribution in [0.3, 0.4) is 0 Å². The maximum atomic E-state index is 6.58. The fourth-order valence-electron chi connectivity index (χ4n) is 1.97. The summed E-state index contributed by atoms with van der Waals surface area (Å²) in [7, 11) is 3.14. The first-order valence-electron chi connectivity index (χ1n) is 5.97.